The van der Waals surface area contributed by atoms with Crippen molar-refractivity contribution in [3.63, 3.8) is 0 Å². The molecule has 7 nitrogen and oxygen atoms in total. The first kappa shape index (κ1) is 23.5. The lowest BCUT2D eigenvalue weighted by Crippen LogP contribution is -2.32. The van der Waals surface area contributed by atoms with Crippen molar-refractivity contribution >= 4 is 21.6 Å². The van der Waals surface area contributed by atoms with Gasteiger partial charge in [0.2, 0.25) is 15.9 Å². The van der Waals surface area contributed by atoms with Crippen LogP contribution in [0.2, 0.25) is 0 Å². The first-order valence-corrected chi connectivity index (χ1v) is 11.9. The number of ether oxygens (including phenoxy) is 2. The average Bonchev–Trinajstić information content (AvgIpc) is 2.71. The Morgan fingerprint density at radius 1 is 0.933 bits per heavy atom. The molecule has 0 saturated heterocycles. The minimum absolute atomic E-state index is 0.121. The molecule has 0 radical (unpaired) electrons. The Morgan fingerprint density at radius 3 is 1.97 bits per heavy atom. The predicted molar refractivity (Wildman–Crippen MR) is 118 cm³/mol. The van der Waals surface area contributed by atoms with Gasteiger partial charge in [-0.15, -0.1) is 0 Å². The van der Waals surface area contributed by atoms with Gasteiger partial charge in [-0.1, -0.05) is 12.1 Å². The minimum Gasteiger partial charge on any atom is -0.494 e. The molecule has 0 heterocycles. The zero-order valence-electron chi connectivity index (χ0n) is 17.8. The highest BCUT2D eigenvalue weighted by Crippen LogP contribution is 2.22. The predicted octanol–water partition coefficient (Wildman–Crippen LogP) is 3.35. The summed E-state index contributed by atoms with van der Waals surface area (Å²) in [6, 6.07) is 14.4. The number of carbonyl (C=O) groups is 1. The monoisotopic (exact) mass is 434 g/mol. The Morgan fingerprint density at radius 2 is 1.47 bits per heavy atom. The van der Waals surface area contributed by atoms with Gasteiger partial charge in [-0.2, -0.15) is 0 Å². The highest BCUT2D eigenvalue weighted by molar-refractivity contribution is 7.92. The third kappa shape index (κ3) is 7.59. The number of hydrogen-bond acceptors (Lipinski definition) is 5. The van der Waals surface area contributed by atoms with Crippen molar-refractivity contribution in [1.29, 1.82) is 0 Å². The van der Waals surface area contributed by atoms with E-state index in [4.69, 9.17) is 9.47 Å². The van der Waals surface area contributed by atoms with E-state index in [1.165, 1.54) is 4.31 Å². The molecule has 0 aliphatic heterocycles. The van der Waals surface area contributed by atoms with Crippen LogP contribution in [-0.4, -0.2) is 40.3 Å². The molecule has 1 amide bonds. The molecule has 1 N–H and O–H groups in total. The summed E-state index contributed by atoms with van der Waals surface area (Å²) in [6.07, 6.45) is 1.81. The lowest BCUT2D eigenvalue weighted by Gasteiger charge is -2.22. The summed E-state index contributed by atoms with van der Waals surface area (Å²) in [5, 5.41) is 2.86. The van der Waals surface area contributed by atoms with Gasteiger partial charge in [0.15, 0.2) is 0 Å². The summed E-state index contributed by atoms with van der Waals surface area (Å²) >= 11 is 0. The molecular weight excluding hydrogens is 404 g/mol. The Kier molecular flexibility index (Phi) is 8.98. The molecule has 0 atom stereocenters. The number of carbonyl (C=O) groups excluding carboxylic acids is 1. The molecule has 8 heteroatoms. The summed E-state index contributed by atoms with van der Waals surface area (Å²) in [5.41, 5.74) is 1.52. The largest absolute Gasteiger partial charge is 0.494 e. The Labute approximate surface area is 179 Å². The van der Waals surface area contributed by atoms with E-state index in [1.54, 1.807) is 24.3 Å². The molecule has 0 aromatic heterocycles. The van der Waals surface area contributed by atoms with Gasteiger partial charge < -0.3 is 14.8 Å². The Balaban J connectivity index is 1.84. The zero-order chi connectivity index (χ0) is 22.0. The van der Waals surface area contributed by atoms with E-state index >= 15 is 0 Å². The second kappa shape index (κ2) is 11.4. The van der Waals surface area contributed by atoms with Crippen LogP contribution in [0.25, 0.3) is 0 Å². The lowest BCUT2D eigenvalue weighted by atomic mass is 10.2. The summed E-state index contributed by atoms with van der Waals surface area (Å²) in [5.74, 6) is 1.36. The van der Waals surface area contributed by atoms with Crippen LogP contribution in [0.4, 0.5) is 5.69 Å². The van der Waals surface area contributed by atoms with Crippen LogP contribution in [0.5, 0.6) is 11.5 Å². The van der Waals surface area contributed by atoms with Gasteiger partial charge in [-0.05, 0) is 62.2 Å². The molecule has 2 aromatic carbocycles. The first-order valence-electron chi connectivity index (χ1n) is 10.0. The number of anilines is 1. The Hall–Kier alpha value is -2.74. The molecule has 0 saturated carbocycles. The van der Waals surface area contributed by atoms with Crippen LogP contribution in [0.1, 0.15) is 32.3 Å². The first-order chi connectivity index (χ1) is 14.3. The number of amides is 1. The fourth-order valence-corrected chi connectivity index (χ4v) is 3.87. The number of nitrogens with one attached hydrogen (secondary N) is 1. The summed E-state index contributed by atoms with van der Waals surface area (Å²) in [7, 11) is -3.46. The van der Waals surface area contributed by atoms with Crippen molar-refractivity contribution in [2.75, 3.05) is 30.3 Å². The molecule has 164 valence electrons. The average molecular weight is 435 g/mol. The van der Waals surface area contributed by atoms with Crippen molar-refractivity contribution < 1.29 is 22.7 Å². The molecule has 0 spiro atoms. The molecular formula is C22H30N2O5S. The van der Waals surface area contributed by atoms with Crippen LogP contribution in [-0.2, 0) is 21.4 Å². The quantitative estimate of drug-likeness (QED) is 0.554. The maximum Gasteiger partial charge on any atom is 0.232 e. The molecule has 0 bridgehead atoms. The number of benzene rings is 2. The highest BCUT2D eigenvalue weighted by atomic mass is 32.2. The van der Waals surface area contributed by atoms with Crippen molar-refractivity contribution in [2.24, 2.45) is 0 Å². The third-order valence-corrected chi connectivity index (χ3v) is 5.52. The van der Waals surface area contributed by atoms with Crippen LogP contribution >= 0.6 is 0 Å². The molecule has 2 rings (SSSR count). The smallest absolute Gasteiger partial charge is 0.232 e. The van der Waals surface area contributed by atoms with Gasteiger partial charge >= 0.3 is 0 Å². The maximum absolute atomic E-state index is 12.2. The van der Waals surface area contributed by atoms with E-state index in [0.717, 1.165) is 17.6 Å². The van der Waals surface area contributed by atoms with Crippen molar-refractivity contribution in [1.82, 2.24) is 5.32 Å². The van der Waals surface area contributed by atoms with Crippen molar-refractivity contribution in [3.05, 3.63) is 54.1 Å². The van der Waals surface area contributed by atoms with Crippen LogP contribution in [0.3, 0.4) is 0 Å². The van der Waals surface area contributed by atoms with Gasteiger partial charge in [0.1, 0.15) is 11.5 Å². The summed E-state index contributed by atoms with van der Waals surface area (Å²) < 4.78 is 36.5. The molecule has 2 aromatic rings. The highest BCUT2D eigenvalue weighted by Gasteiger charge is 2.17. The lowest BCUT2D eigenvalue weighted by molar-refractivity contribution is -0.121. The standard InChI is InChI=1S/C22H30N2O5S/c1-4-28-20-12-8-18(9-13-20)17-23-22(25)7-6-16-24(30(3,26)27)19-10-14-21(15-11-19)29-5-2/h8-15H,4-7,16-17H2,1-3H3,(H,23,25). The SMILES string of the molecule is CCOc1ccc(CNC(=O)CCCN(c2ccc(OCC)cc2)S(C)(=O)=O)cc1. The molecule has 0 aliphatic rings. The zero-order valence-corrected chi connectivity index (χ0v) is 18.6. The molecule has 0 fully saturated rings. The normalized spacial score (nSPS) is 11.0. The second-order valence-electron chi connectivity index (χ2n) is 6.72. The van der Waals surface area contributed by atoms with Crippen molar-refractivity contribution in [3.8, 4) is 11.5 Å². The topological polar surface area (TPSA) is 84.9 Å². The van der Waals surface area contributed by atoms with Gasteiger partial charge in [-0.25, -0.2) is 8.42 Å². The van der Waals surface area contributed by atoms with E-state index in [-0.39, 0.29) is 18.9 Å². The Bertz CT molecular complexity index is 896. The van der Waals surface area contributed by atoms with E-state index < -0.39 is 10.0 Å². The fraction of sp³-hybridized carbons (Fsp3) is 0.409. The number of sulfonamides is 1. The minimum atomic E-state index is -3.46. The second-order valence-corrected chi connectivity index (χ2v) is 8.63. The summed E-state index contributed by atoms with van der Waals surface area (Å²) in [6.45, 7) is 5.61. The van der Waals surface area contributed by atoms with Gasteiger partial charge in [0.05, 0.1) is 25.2 Å². The van der Waals surface area contributed by atoms with Crippen LogP contribution < -0.4 is 19.1 Å². The summed E-state index contributed by atoms with van der Waals surface area (Å²) in [4.78, 5) is 12.1. The van der Waals surface area contributed by atoms with Gasteiger partial charge in [0, 0.05) is 19.5 Å². The van der Waals surface area contributed by atoms with E-state index in [1.807, 2.05) is 38.1 Å². The van der Waals surface area contributed by atoms with Gasteiger partial charge in [-0.3, -0.25) is 9.10 Å². The molecule has 30 heavy (non-hydrogen) atoms. The number of rotatable bonds is 12. The van der Waals surface area contributed by atoms with E-state index in [2.05, 4.69) is 5.32 Å². The third-order valence-electron chi connectivity index (χ3n) is 4.33. The van der Waals surface area contributed by atoms with Crippen LogP contribution in [0.15, 0.2) is 48.5 Å². The van der Waals surface area contributed by atoms with Crippen LogP contribution in [0, 0.1) is 0 Å². The molecule has 0 unspecified atom stereocenters. The molecule has 0 aliphatic carbocycles. The fourth-order valence-electron chi connectivity index (χ4n) is 2.90. The van der Waals surface area contributed by atoms with E-state index in [9.17, 15) is 13.2 Å². The van der Waals surface area contributed by atoms with E-state index in [0.29, 0.717) is 37.6 Å². The number of nitrogens with zero attached hydrogens (tertiary/aromatic N) is 1. The number of hydrogen-bond donors (Lipinski definition) is 1. The van der Waals surface area contributed by atoms with Gasteiger partial charge in [0.25, 0.3) is 0 Å². The van der Waals surface area contributed by atoms with Crippen molar-refractivity contribution in [2.45, 2.75) is 33.2 Å². The maximum atomic E-state index is 12.2.